The number of aliphatic hydroxyl groups is 1. The Morgan fingerprint density at radius 3 is 2.69 bits per heavy atom. The molecule has 2 aliphatic heterocycles. The van der Waals surface area contributed by atoms with E-state index in [4.69, 9.17) is 19.9 Å². The number of ether oxygens (including phenoxy) is 2. The molecular weight excluding hydrogens is 458 g/mol. The number of benzene rings is 1. The first kappa shape index (κ1) is 24.3. The van der Waals surface area contributed by atoms with Crippen LogP contribution in [0.4, 0.5) is 0 Å². The van der Waals surface area contributed by atoms with Crippen LogP contribution < -0.4 is 5.56 Å². The Bertz CT molecular complexity index is 1450. The van der Waals surface area contributed by atoms with E-state index >= 15 is 0 Å². The lowest BCUT2D eigenvalue weighted by atomic mass is 9.74. The second-order valence-electron chi connectivity index (χ2n) is 10.6. The van der Waals surface area contributed by atoms with Gasteiger partial charge in [-0.1, -0.05) is 25.1 Å². The molecule has 0 amide bonds. The van der Waals surface area contributed by atoms with Crippen molar-refractivity contribution >= 4 is 23.1 Å². The number of hydrogen-bond donors (Lipinski definition) is 2. The van der Waals surface area contributed by atoms with E-state index in [2.05, 4.69) is 0 Å². The highest BCUT2D eigenvalue weighted by Crippen LogP contribution is 2.43. The minimum Gasteiger partial charge on any atom is -0.461 e. The zero-order valence-corrected chi connectivity index (χ0v) is 21.1. The highest BCUT2D eigenvalue weighted by atomic mass is 16.5. The van der Waals surface area contributed by atoms with Crippen LogP contribution in [0.1, 0.15) is 68.9 Å². The van der Waals surface area contributed by atoms with Gasteiger partial charge in [0.15, 0.2) is 0 Å². The largest absolute Gasteiger partial charge is 0.461 e. The number of carbonyl (C=O) groups is 1. The molecule has 2 aliphatic rings. The van der Waals surface area contributed by atoms with Crippen LogP contribution in [0.15, 0.2) is 35.1 Å². The minimum absolute atomic E-state index is 0.00838. The number of fused-ring (bicyclic) bond motifs is 5. The summed E-state index contributed by atoms with van der Waals surface area (Å²) in [5.74, 6) is -0.424. The predicted molar refractivity (Wildman–Crippen MR) is 136 cm³/mol. The fourth-order valence-electron chi connectivity index (χ4n) is 5.49. The Hall–Kier alpha value is -3.36. The second kappa shape index (κ2) is 8.64. The molecule has 8 heteroatoms. The van der Waals surface area contributed by atoms with E-state index in [1.165, 1.54) is 6.21 Å². The average molecular weight is 490 g/mol. The van der Waals surface area contributed by atoms with Crippen LogP contribution in [0.3, 0.4) is 0 Å². The van der Waals surface area contributed by atoms with E-state index in [9.17, 15) is 14.7 Å². The van der Waals surface area contributed by atoms with Gasteiger partial charge >= 0.3 is 5.97 Å². The number of pyridine rings is 2. The number of hydrogen-bond acceptors (Lipinski definition) is 7. The van der Waals surface area contributed by atoms with Crippen molar-refractivity contribution in [2.45, 2.75) is 70.8 Å². The van der Waals surface area contributed by atoms with Gasteiger partial charge in [0.2, 0.25) is 0 Å². The molecule has 188 valence electrons. The molecule has 8 nitrogen and oxygen atoms in total. The Morgan fingerprint density at radius 2 is 2.03 bits per heavy atom. The van der Waals surface area contributed by atoms with E-state index in [1.807, 2.05) is 58.0 Å². The Balaban J connectivity index is 1.81. The molecule has 36 heavy (non-hydrogen) atoms. The number of carbonyl (C=O) groups excluding carboxylic acids is 1. The molecule has 2 atom stereocenters. The number of cyclic esters (lactones) is 1. The summed E-state index contributed by atoms with van der Waals surface area (Å²) in [5.41, 5.74) is 3.11. The maximum Gasteiger partial charge on any atom is 0.307 e. The van der Waals surface area contributed by atoms with Crippen LogP contribution >= 0.6 is 0 Å². The fraction of sp³-hybridized carbons (Fsp3) is 0.429. The van der Waals surface area contributed by atoms with E-state index in [1.54, 1.807) is 4.57 Å². The number of aromatic nitrogens is 2. The number of rotatable bonds is 5. The van der Waals surface area contributed by atoms with Gasteiger partial charge in [0.05, 0.1) is 47.6 Å². The van der Waals surface area contributed by atoms with Crippen LogP contribution in [-0.4, -0.2) is 39.0 Å². The third-order valence-corrected chi connectivity index (χ3v) is 7.32. The molecule has 0 spiro atoms. The highest BCUT2D eigenvalue weighted by Gasteiger charge is 2.41. The Labute approximate surface area is 209 Å². The molecule has 2 N–H and O–H groups in total. The first-order chi connectivity index (χ1) is 17.1. The molecule has 1 aromatic carbocycles. The van der Waals surface area contributed by atoms with E-state index in [0.29, 0.717) is 28.9 Å². The zero-order chi connectivity index (χ0) is 25.8. The Kier molecular flexibility index (Phi) is 5.84. The quantitative estimate of drug-likeness (QED) is 0.323. The third kappa shape index (κ3) is 3.76. The molecule has 4 heterocycles. The topological polar surface area (TPSA) is 115 Å². The summed E-state index contributed by atoms with van der Waals surface area (Å²) in [7, 11) is 0. The first-order valence-corrected chi connectivity index (χ1v) is 12.3. The normalized spacial score (nSPS) is 19.8. The third-order valence-electron chi connectivity index (χ3n) is 7.32. The molecule has 2 aromatic heterocycles. The van der Waals surface area contributed by atoms with Gasteiger partial charge < -0.3 is 24.6 Å². The number of aliphatic hydroxyl groups excluding tert-OH is 1. The number of para-hydroxylation sites is 1. The Morgan fingerprint density at radius 1 is 1.28 bits per heavy atom. The monoisotopic (exact) mass is 489 g/mol. The lowest BCUT2D eigenvalue weighted by Crippen LogP contribution is -2.35. The van der Waals surface area contributed by atoms with Crippen LogP contribution in [0, 0.1) is 5.41 Å². The smallest absolute Gasteiger partial charge is 0.307 e. The van der Waals surface area contributed by atoms with Crippen LogP contribution in [-0.2, 0) is 32.8 Å². The van der Waals surface area contributed by atoms with E-state index in [-0.39, 0.29) is 31.7 Å². The maximum absolute atomic E-state index is 13.8. The summed E-state index contributed by atoms with van der Waals surface area (Å²) >= 11 is 0. The molecule has 2 unspecified atom stereocenters. The lowest BCUT2D eigenvalue weighted by molar-refractivity contribution is -0.146. The van der Waals surface area contributed by atoms with Crippen LogP contribution in [0.5, 0.6) is 0 Å². The van der Waals surface area contributed by atoms with Gasteiger partial charge in [-0.15, -0.1) is 0 Å². The summed E-state index contributed by atoms with van der Waals surface area (Å²) in [4.78, 5) is 31.1. The zero-order valence-electron chi connectivity index (χ0n) is 21.1. The van der Waals surface area contributed by atoms with E-state index < -0.39 is 23.1 Å². The average Bonchev–Trinajstić information content (AvgIpc) is 3.14. The molecular formula is C28H31N3O5. The first-order valence-electron chi connectivity index (χ1n) is 12.3. The molecule has 0 fully saturated rings. The van der Waals surface area contributed by atoms with Gasteiger partial charge in [-0.2, -0.15) is 0 Å². The van der Waals surface area contributed by atoms with Gasteiger partial charge in [0, 0.05) is 28.1 Å². The van der Waals surface area contributed by atoms with Gasteiger partial charge in [-0.25, -0.2) is 4.98 Å². The molecule has 0 aliphatic carbocycles. The summed E-state index contributed by atoms with van der Waals surface area (Å²) in [6.07, 6.45) is 1.16. The van der Waals surface area contributed by atoms with Gasteiger partial charge in [0.25, 0.3) is 5.56 Å². The van der Waals surface area contributed by atoms with Crippen molar-refractivity contribution in [3.8, 4) is 11.4 Å². The van der Waals surface area contributed by atoms with Crippen LogP contribution in [0.25, 0.3) is 22.3 Å². The number of esters is 1. The second-order valence-corrected chi connectivity index (χ2v) is 10.6. The lowest BCUT2D eigenvalue weighted by Gasteiger charge is -2.30. The van der Waals surface area contributed by atoms with Crippen LogP contribution in [0.2, 0.25) is 0 Å². The molecule has 0 saturated heterocycles. The van der Waals surface area contributed by atoms with Crippen molar-refractivity contribution < 1.29 is 19.4 Å². The van der Waals surface area contributed by atoms with Gasteiger partial charge in [-0.3, -0.25) is 9.59 Å². The van der Waals surface area contributed by atoms with Crippen molar-refractivity contribution in [2.75, 3.05) is 6.61 Å². The summed E-state index contributed by atoms with van der Waals surface area (Å²) in [5, 5.41) is 19.5. The molecule has 0 saturated carbocycles. The number of nitrogens with one attached hydrogen (secondary N) is 1. The molecule has 5 rings (SSSR count). The van der Waals surface area contributed by atoms with Crippen molar-refractivity contribution in [1.29, 1.82) is 5.41 Å². The van der Waals surface area contributed by atoms with E-state index in [0.717, 1.165) is 22.0 Å². The SMILES string of the molecule is CCC1(CO)CC(=O)OCc2c1cc1n(c2=O)Cc2c-1nc1ccccc1c2C(C=N)OC(C)(C)C. The molecule has 3 aromatic rings. The predicted octanol–water partition coefficient (Wildman–Crippen LogP) is 4.02. The summed E-state index contributed by atoms with van der Waals surface area (Å²) in [6, 6.07) is 9.62. The summed E-state index contributed by atoms with van der Waals surface area (Å²) < 4.78 is 13.3. The standard InChI is InChI=1S/C28H31N3O5/c1-5-28(15-32)11-23(33)35-14-18-19(28)10-21-25-17(13-31(21)26(18)34)24(22(12-29)36-27(2,3)4)16-8-6-7-9-20(16)30-25/h6-10,12,22,29,32H,5,11,13-15H2,1-4H3. The van der Waals surface area contributed by atoms with Crippen molar-refractivity contribution in [3.63, 3.8) is 0 Å². The highest BCUT2D eigenvalue weighted by molar-refractivity contribution is 5.91. The van der Waals surface area contributed by atoms with Gasteiger partial charge in [-0.05, 0) is 44.9 Å². The molecule has 0 radical (unpaired) electrons. The minimum atomic E-state index is -0.896. The van der Waals surface area contributed by atoms with Crippen molar-refractivity contribution in [3.05, 3.63) is 62.9 Å². The van der Waals surface area contributed by atoms with Gasteiger partial charge in [0.1, 0.15) is 12.7 Å². The molecule has 0 bridgehead atoms. The number of nitrogens with zero attached hydrogens (tertiary/aromatic N) is 2. The van der Waals surface area contributed by atoms with Crippen molar-refractivity contribution in [2.24, 2.45) is 0 Å². The van der Waals surface area contributed by atoms with Crippen molar-refractivity contribution in [1.82, 2.24) is 9.55 Å². The maximum atomic E-state index is 13.8. The fourth-order valence-corrected chi connectivity index (χ4v) is 5.49. The summed E-state index contributed by atoms with van der Waals surface area (Å²) in [6.45, 7) is 7.63.